The molecular formula is C18H22N6O2. The lowest BCUT2D eigenvalue weighted by atomic mass is 10.1. The molecule has 2 aromatic rings. The Labute approximate surface area is 151 Å². The lowest BCUT2D eigenvalue weighted by Crippen LogP contribution is -2.40. The number of rotatable bonds is 3. The van der Waals surface area contributed by atoms with Crippen LogP contribution in [0.2, 0.25) is 0 Å². The zero-order valence-electron chi connectivity index (χ0n) is 14.7. The van der Waals surface area contributed by atoms with E-state index in [-0.39, 0.29) is 17.7 Å². The van der Waals surface area contributed by atoms with Crippen LogP contribution < -0.4 is 10.6 Å². The van der Waals surface area contributed by atoms with Gasteiger partial charge in [0, 0.05) is 44.9 Å². The maximum atomic E-state index is 13.3. The quantitative estimate of drug-likeness (QED) is 0.806. The van der Waals surface area contributed by atoms with Crippen molar-refractivity contribution in [3.63, 3.8) is 0 Å². The van der Waals surface area contributed by atoms with Gasteiger partial charge >= 0.3 is 0 Å². The van der Waals surface area contributed by atoms with E-state index in [4.69, 9.17) is 0 Å². The fourth-order valence-corrected chi connectivity index (χ4v) is 3.69. The summed E-state index contributed by atoms with van der Waals surface area (Å²) in [6.45, 7) is 2.63. The topological polar surface area (TPSA) is 92.2 Å². The zero-order valence-corrected chi connectivity index (χ0v) is 14.7. The average molecular weight is 354 g/mol. The summed E-state index contributed by atoms with van der Waals surface area (Å²) in [6, 6.07) is 5.64. The van der Waals surface area contributed by atoms with Gasteiger partial charge < -0.3 is 15.5 Å². The van der Waals surface area contributed by atoms with Gasteiger partial charge in [0.1, 0.15) is 5.69 Å². The third kappa shape index (κ3) is 2.96. The number of hydrogen-bond donors (Lipinski definition) is 2. The highest BCUT2D eigenvalue weighted by molar-refractivity contribution is 5.95. The fraction of sp³-hybridized carbons (Fsp3) is 0.444. The van der Waals surface area contributed by atoms with E-state index in [1.54, 1.807) is 22.8 Å². The van der Waals surface area contributed by atoms with Gasteiger partial charge in [-0.1, -0.05) is 6.07 Å². The largest absolute Gasteiger partial charge is 0.359 e. The normalized spacial score (nSPS) is 19.5. The summed E-state index contributed by atoms with van der Waals surface area (Å²) in [5.74, 6) is -0.508. The molecule has 136 valence electrons. The molecule has 26 heavy (non-hydrogen) atoms. The van der Waals surface area contributed by atoms with E-state index < -0.39 is 0 Å². The highest BCUT2D eigenvalue weighted by atomic mass is 16.2. The van der Waals surface area contributed by atoms with E-state index in [1.807, 2.05) is 18.2 Å². The van der Waals surface area contributed by atoms with Crippen LogP contribution in [0.25, 0.3) is 0 Å². The molecule has 2 amide bonds. The van der Waals surface area contributed by atoms with Gasteiger partial charge in [0.25, 0.3) is 5.91 Å². The second-order valence-electron chi connectivity index (χ2n) is 6.70. The van der Waals surface area contributed by atoms with Crippen molar-refractivity contribution >= 4 is 11.8 Å². The van der Waals surface area contributed by atoms with Crippen LogP contribution in [0.3, 0.4) is 0 Å². The predicted molar refractivity (Wildman–Crippen MR) is 94.2 cm³/mol. The Kier molecular flexibility index (Phi) is 4.42. The number of carbonyl (C=O) groups excluding carboxylic acids is 2. The third-order valence-electron chi connectivity index (χ3n) is 4.99. The van der Waals surface area contributed by atoms with Crippen molar-refractivity contribution in [1.29, 1.82) is 0 Å². The van der Waals surface area contributed by atoms with E-state index >= 15 is 0 Å². The highest BCUT2D eigenvalue weighted by Gasteiger charge is 2.35. The van der Waals surface area contributed by atoms with Gasteiger partial charge in [-0.2, -0.15) is 5.10 Å². The molecule has 0 spiro atoms. The minimum atomic E-state index is -0.344. The van der Waals surface area contributed by atoms with Crippen LogP contribution in [-0.2, 0) is 30.8 Å². The summed E-state index contributed by atoms with van der Waals surface area (Å²) in [4.78, 5) is 31.7. The molecule has 0 saturated heterocycles. The van der Waals surface area contributed by atoms with Gasteiger partial charge in [0.05, 0.1) is 30.4 Å². The minimum Gasteiger partial charge on any atom is -0.359 e. The summed E-state index contributed by atoms with van der Waals surface area (Å²) in [7, 11) is 1.62. The lowest BCUT2D eigenvalue weighted by molar-refractivity contribution is -0.125. The van der Waals surface area contributed by atoms with Crippen molar-refractivity contribution in [2.45, 2.75) is 26.1 Å². The first-order valence-electron chi connectivity index (χ1n) is 8.87. The van der Waals surface area contributed by atoms with Crippen LogP contribution in [0.15, 0.2) is 24.4 Å². The molecule has 1 unspecified atom stereocenters. The van der Waals surface area contributed by atoms with Crippen molar-refractivity contribution in [2.24, 2.45) is 5.92 Å². The van der Waals surface area contributed by atoms with Crippen LogP contribution in [0, 0.1) is 5.92 Å². The Hall–Kier alpha value is -2.74. The summed E-state index contributed by atoms with van der Waals surface area (Å²) in [5, 5.41) is 10.7. The van der Waals surface area contributed by atoms with Crippen molar-refractivity contribution < 1.29 is 9.59 Å². The van der Waals surface area contributed by atoms with Gasteiger partial charge in [-0.05, 0) is 12.1 Å². The Morgan fingerprint density at radius 2 is 2.27 bits per heavy atom. The molecule has 4 rings (SSSR count). The number of nitrogens with one attached hydrogen (secondary N) is 2. The molecule has 2 aliphatic heterocycles. The van der Waals surface area contributed by atoms with Gasteiger partial charge in [0.2, 0.25) is 5.91 Å². The smallest absolute Gasteiger partial charge is 0.272 e. The molecule has 0 bridgehead atoms. The second kappa shape index (κ2) is 6.87. The van der Waals surface area contributed by atoms with Gasteiger partial charge in [-0.25, -0.2) is 0 Å². The van der Waals surface area contributed by atoms with Crippen molar-refractivity contribution in [1.82, 2.24) is 30.3 Å². The maximum absolute atomic E-state index is 13.3. The summed E-state index contributed by atoms with van der Waals surface area (Å²) in [6.07, 6.45) is 2.51. The number of nitrogens with zero attached hydrogens (tertiary/aromatic N) is 4. The van der Waals surface area contributed by atoms with E-state index in [9.17, 15) is 9.59 Å². The molecule has 2 N–H and O–H groups in total. The van der Waals surface area contributed by atoms with Crippen LogP contribution in [0.1, 0.15) is 27.4 Å². The number of carbonyl (C=O) groups is 2. The number of fused-ring (bicyclic) bond motifs is 3. The molecule has 8 nitrogen and oxygen atoms in total. The monoisotopic (exact) mass is 354 g/mol. The SMILES string of the molecule is CNC(=O)C1CN(Cc2ccccn2)C(=O)c2c3c(nn2C1)CCNC3. The van der Waals surface area contributed by atoms with E-state index in [0.29, 0.717) is 31.9 Å². The van der Waals surface area contributed by atoms with Gasteiger partial charge in [0.15, 0.2) is 0 Å². The fourth-order valence-electron chi connectivity index (χ4n) is 3.69. The first-order valence-corrected chi connectivity index (χ1v) is 8.87. The molecule has 0 fully saturated rings. The van der Waals surface area contributed by atoms with E-state index in [1.165, 1.54) is 0 Å². The van der Waals surface area contributed by atoms with Crippen LogP contribution in [0.5, 0.6) is 0 Å². The minimum absolute atomic E-state index is 0.0803. The second-order valence-corrected chi connectivity index (χ2v) is 6.70. The number of amides is 2. The first kappa shape index (κ1) is 16.7. The Morgan fingerprint density at radius 1 is 1.38 bits per heavy atom. The molecule has 2 aliphatic rings. The third-order valence-corrected chi connectivity index (χ3v) is 4.99. The molecule has 1 atom stereocenters. The average Bonchev–Trinajstić information content (AvgIpc) is 2.98. The molecule has 0 aliphatic carbocycles. The van der Waals surface area contributed by atoms with Gasteiger partial charge in [-0.15, -0.1) is 0 Å². The number of pyridine rings is 1. The summed E-state index contributed by atoms with van der Waals surface area (Å²) < 4.78 is 1.73. The molecule has 2 aromatic heterocycles. The Morgan fingerprint density at radius 3 is 3.04 bits per heavy atom. The molecule has 8 heteroatoms. The number of aromatic nitrogens is 3. The van der Waals surface area contributed by atoms with Crippen molar-refractivity contribution in [3.8, 4) is 0 Å². The Bertz CT molecular complexity index is 832. The number of hydrogen-bond acceptors (Lipinski definition) is 5. The van der Waals surface area contributed by atoms with E-state index in [2.05, 4.69) is 20.7 Å². The zero-order chi connectivity index (χ0) is 18.1. The van der Waals surface area contributed by atoms with Crippen LogP contribution in [0.4, 0.5) is 0 Å². The molecular weight excluding hydrogens is 332 g/mol. The van der Waals surface area contributed by atoms with E-state index in [0.717, 1.165) is 29.9 Å². The molecule has 0 radical (unpaired) electrons. The molecule has 4 heterocycles. The van der Waals surface area contributed by atoms with Crippen molar-refractivity contribution in [3.05, 3.63) is 47.0 Å². The maximum Gasteiger partial charge on any atom is 0.272 e. The predicted octanol–water partition coefficient (Wildman–Crippen LogP) is -0.0580. The van der Waals surface area contributed by atoms with Crippen LogP contribution in [-0.4, -0.2) is 51.6 Å². The molecule has 0 aromatic carbocycles. The summed E-state index contributed by atoms with van der Waals surface area (Å²) in [5.41, 5.74) is 3.33. The first-order chi connectivity index (χ1) is 12.7. The van der Waals surface area contributed by atoms with Crippen molar-refractivity contribution in [2.75, 3.05) is 20.1 Å². The Balaban J connectivity index is 1.73. The van der Waals surface area contributed by atoms with Crippen LogP contribution >= 0.6 is 0 Å². The highest BCUT2D eigenvalue weighted by Crippen LogP contribution is 2.25. The van der Waals surface area contributed by atoms with Gasteiger partial charge in [-0.3, -0.25) is 19.3 Å². The summed E-state index contributed by atoms with van der Waals surface area (Å²) >= 11 is 0. The lowest BCUT2D eigenvalue weighted by Gasteiger charge is -2.24. The molecule has 0 saturated carbocycles. The standard InChI is InChI=1S/C18H22N6O2/c1-19-17(25)12-9-23(11-13-4-2-3-6-21-13)18(26)16-14-8-20-7-5-15(14)22-24(16)10-12/h2-4,6,12,20H,5,7-11H2,1H3,(H,19,25).